The Morgan fingerprint density at radius 3 is 2.73 bits per heavy atom. The average Bonchev–Trinajstić information content (AvgIpc) is 3.10. The summed E-state index contributed by atoms with van der Waals surface area (Å²) in [4.78, 5) is 16.8. The van der Waals surface area contributed by atoms with Gasteiger partial charge in [0.1, 0.15) is 0 Å². The summed E-state index contributed by atoms with van der Waals surface area (Å²) < 4.78 is 1.66. The van der Waals surface area contributed by atoms with Gasteiger partial charge in [-0.05, 0) is 36.0 Å². The highest BCUT2D eigenvalue weighted by atomic mass is 16.2. The van der Waals surface area contributed by atoms with Gasteiger partial charge < -0.3 is 5.32 Å². The van der Waals surface area contributed by atoms with E-state index in [0.717, 1.165) is 24.0 Å². The molecule has 1 saturated carbocycles. The largest absolute Gasteiger partial charge is 0.344 e. The van der Waals surface area contributed by atoms with Crippen LogP contribution in [0, 0.1) is 5.92 Å². The van der Waals surface area contributed by atoms with Crippen molar-refractivity contribution in [3.05, 3.63) is 77.9 Å². The van der Waals surface area contributed by atoms with Gasteiger partial charge in [-0.15, -0.1) is 5.10 Å². The first-order valence-electron chi connectivity index (χ1n) is 8.94. The van der Waals surface area contributed by atoms with E-state index in [-0.39, 0.29) is 11.9 Å². The second kappa shape index (κ2) is 7.47. The fraction of sp³-hybridized carbons (Fsp3) is 0.300. The zero-order valence-electron chi connectivity index (χ0n) is 14.5. The molecule has 1 amide bonds. The third-order valence-corrected chi connectivity index (χ3v) is 4.91. The molecule has 1 aromatic carbocycles. The van der Waals surface area contributed by atoms with Crippen LogP contribution in [-0.2, 0) is 6.54 Å². The summed E-state index contributed by atoms with van der Waals surface area (Å²) in [6, 6.07) is 14.0. The Hall–Kier alpha value is -3.02. The quantitative estimate of drug-likeness (QED) is 0.744. The summed E-state index contributed by atoms with van der Waals surface area (Å²) >= 11 is 0. The van der Waals surface area contributed by atoms with Crippen LogP contribution in [-0.4, -0.2) is 25.9 Å². The van der Waals surface area contributed by atoms with Gasteiger partial charge in [0, 0.05) is 12.4 Å². The molecule has 1 atom stereocenters. The van der Waals surface area contributed by atoms with Crippen LogP contribution in [0.1, 0.15) is 46.9 Å². The fourth-order valence-electron chi connectivity index (χ4n) is 3.28. The van der Waals surface area contributed by atoms with Crippen molar-refractivity contribution in [3.8, 4) is 0 Å². The maximum atomic E-state index is 12.7. The van der Waals surface area contributed by atoms with Crippen molar-refractivity contribution in [2.45, 2.75) is 31.8 Å². The summed E-state index contributed by atoms with van der Waals surface area (Å²) in [7, 11) is 0. The number of rotatable bonds is 6. The molecule has 1 aliphatic rings. The number of benzene rings is 1. The fourth-order valence-corrected chi connectivity index (χ4v) is 3.28. The highest BCUT2D eigenvalue weighted by Gasteiger charge is 2.30. The van der Waals surface area contributed by atoms with E-state index in [1.807, 2.05) is 30.3 Å². The number of carbonyl (C=O) groups excluding carboxylic acids is 1. The van der Waals surface area contributed by atoms with Gasteiger partial charge in [-0.2, -0.15) is 0 Å². The Morgan fingerprint density at radius 1 is 1.19 bits per heavy atom. The summed E-state index contributed by atoms with van der Waals surface area (Å²) in [5.74, 6) is 0.315. The molecule has 0 aliphatic heterocycles. The molecule has 0 bridgehead atoms. The van der Waals surface area contributed by atoms with E-state index in [4.69, 9.17) is 0 Å². The maximum Gasteiger partial charge on any atom is 0.273 e. The monoisotopic (exact) mass is 347 g/mol. The number of hydrogen-bond donors (Lipinski definition) is 1. The van der Waals surface area contributed by atoms with Crippen molar-refractivity contribution in [2.24, 2.45) is 5.92 Å². The average molecular weight is 347 g/mol. The molecule has 1 fully saturated rings. The van der Waals surface area contributed by atoms with E-state index in [1.54, 1.807) is 23.3 Å². The lowest BCUT2D eigenvalue weighted by Crippen LogP contribution is -2.36. The lowest BCUT2D eigenvalue weighted by Gasteiger charge is -2.34. The standard InChI is InChI=1S/C20H21N5O/c26-20(18-14-25(24-23-18)13-15-6-5-11-21-12-15)22-19(17-9-4-10-17)16-7-2-1-3-8-16/h1-3,5-8,11-12,14,17,19H,4,9-10,13H2,(H,22,26). The molecule has 4 rings (SSSR count). The van der Waals surface area contributed by atoms with E-state index < -0.39 is 0 Å². The van der Waals surface area contributed by atoms with Crippen LogP contribution in [0.5, 0.6) is 0 Å². The summed E-state index contributed by atoms with van der Waals surface area (Å²) in [6.07, 6.45) is 8.72. The van der Waals surface area contributed by atoms with Crippen LogP contribution >= 0.6 is 0 Å². The number of nitrogens with one attached hydrogen (secondary N) is 1. The molecule has 2 aromatic heterocycles. The minimum Gasteiger partial charge on any atom is -0.344 e. The molecule has 1 aliphatic carbocycles. The number of hydrogen-bond acceptors (Lipinski definition) is 4. The topological polar surface area (TPSA) is 72.7 Å². The zero-order chi connectivity index (χ0) is 17.8. The Kier molecular flexibility index (Phi) is 4.73. The predicted octanol–water partition coefficient (Wildman–Crippen LogP) is 2.99. The molecule has 0 saturated heterocycles. The van der Waals surface area contributed by atoms with Crippen LogP contribution in [0.25, 0.3) is 0 Å². The highest BCUT2D eigenvalue weighted by Crippen LogP contribution is 2.37. The molecular formula is C20H21N5O. The zero-order valence-corrected chi connectivity index (χ0v) is 14.5. The van der Waals surface area contributed by atoms with Crippen molar-refractivity contribution in [3.63, 3.8) is 0 Å². The van der Waals surface area contributed by atoms with Gasteiger partial charge in [-0.1, -0.05) is 48.0 Å². The summed E-state index contributed by atoms with van der Waals surface area (Å²) in [5.41, 5.74) is 2.50. The number of amides is 1. The van der Waals surface area contributed by atoms with Crippen molar-refractivity contribution in [1.29, 1.82) is 0 Å². The smallest absolute Gasteiger partial charge is 0.273 e. The van der Waals surface area contributed by atoms with Crippen LogP contribution < -0.4 is 5.32 Å². The Balaban J connectivity index is 1.46. The minimum atomic E-state index is -0.178. The van der Waals surface area contributed by atoms with Crippen molar-refractivity contribution in [2.75, 3.05) is 0 Å². The maximum absolute atomic E-state index is 12.7. The van der Waals surface area contributed by atoms with Crippen LogP contribution in [0.3, 0.4) is 0 Å². The molecule has 1 unspecified atom stereocenters. The molecule has 2 heterocycles. The summed E-state index contributed by atoms with van der Waals surface area (Å²) in [6.45, 7) is 0.541. The Bertz CT molecular complexity index is 858. The van der Waals surface area contributed by atoms with E-state index in [0.29, 0.717) is 18.2 Å². The predicted molar refractivity (Wildman–Crippen MR) is 97.4 cm³/mol. The van der Waals surface area contributed by atoms with Crippen molar-refractivity contribution in [1.82, 2.24) is 25.3 Å². The van der Waals surface area contributed by atoms with Crippen LogP contribution in [0.15, 0.2) is 61.1 Å². The van der Waals surface area contributed by atoms with Crippen molar-refractivity contribution >= 4 is 5.91 Å². The van der Waals surface area contributed by atoms with Gasteiger partial charge in [0.25, 0.3) is 5.91 Å². The van der Waals surface area contributed by atoms with E-state index >= 15 is 0 Å². The van der Waals surface area contributed by atoms with E-state index in [1.165, 1.54) is 6.42 Å². The molecular weight excluding hydrogens is 326 g/mol. The first kappa shape index (κ1) is 16.4. The molecule has 3 aromatic rings. The molecule has 1 N–H and O–H groups in total. The van der Waals surface area contributed by atoms with Gasteiger partial charge in [-0.3, -0.25) is 9.78 Å². The molecule has 0 spiro atoms. The molecule has 6 nitrogen and oxygen atoms in total. The van der Waals surface area contributed by atoms with E-state index in [9.17, 15) is 4.79 Å². The molecule has 6 heteroatoms. The Labute approximate surface area is 152 Å². The van der Waals surface area contributed by atoms with Gasteiger partial charge >= 0.3 is 0 Å². The Morgan fingerprint density at radius 2 is 2.04 bits per heavy atom. The third-order valence-electron chi connectivity index (χ3n) is 4.91. The second-order valence-corrected chi connectivity index (χ2v) is 6.72. The normalized spacial score (nSPS) is 15.2. The minimum absolute atomic E-state index is 0.0286. The summed E-state index contributed by atoms with van der Waals surface area (Å²) in [5, 5.41) is 11.3. The van der Waals surface area contributed by atoms with Crippen LogP contribution in [0.2, 0.25) is 0 Å². The molecule has 26 heavy (non-hydrogen) atoms. The second-order valence-electron chi connectivity index (χ2n) is 6.72. The molecule has 132 valence electrons. The van der Waals surface area contributed by atoms with Gasteiger partial charge in [-0.25, -0.2) is 4.68 Å². The highest BCUT2D eigenvalue weighted by molar-refractivity contribution is 5.92. The van der Waals surface area contributed by atoms with Gasteiger partial charge in [0.2, 0.25) is 0 Å². The number of pyridine rings is 1. The lowest BCUT2D eigenvalue weighted by atomic mass is 9.77. The first-order valence-corrected chi connectivity index (χ1v) is 8.94. The SMILES string of the molecule is O=C(NC(c1ccccc1)C1CCC1)c1cn(Cc2cccnc2)nn1. The number of carbonyl (C=O) groups is 1. The van der Waals surface area contributed by atoms with Crippen LogP contribution in [0.4, 0.5) is 0 Å². The first-order chi connectivity index (χ1) is 12.8. The third kappa shape index (κ3) is 3.64. The number of aromatic nitrogens is 4. The number of nitrogens with zero attached hydrogens (tertiary/aromatic N) is 4. The van der Waals surface area contributed by atoms with Gasteiger partial charge in [0.05, 0.1) is 18.8 Å². The van der Waals surface area contributed by atoms with E-state index in [2.05, 4.69) is 32.7 Å². The molecule has 0 radical (unpaired) electrons. The van der Waals surface area contributed by atoms with Crippen molar-refractivity contribution < 1.29 is 4.79 Å². The lowest BCUT2D eigenvalue weighted by molar-refractivity contribution is 0.0895. The van der Waals surface area contributed by atoms with Gasteiger partial charge in [0.15, 0.2) is 5.69 Å².